The van der Waals surface area contributed by atoms with Gasteiger partial charge >= 0.3 is 0 Å². The molecule has 0 aromatic carbocycles. The van der Waals surface area contributed by atoms with Gasteiger partial charge in [0.25, 0.3) is 0 Å². The molecule has 14 heavy (non-hydrogen) atoms. The standard InChI is InChI=1S/C8H10N4O2/c1-5-8(14)7(3-11-12-9)6(4-13)2-10-5/h2,9,13H,3-4H2,1H3/p+1. The number of hydrogen-bond acceptors (Lipinski definition) is 5. The van der Waals surface area contributed by atoms with Crippen LogP contribution in [0.25, 0.3) is 0 Å². The van der Waals surface area contributed by atoms with Crippen molar-refractivity contribution in [1.82, 2.24) is 9.90 Å². The summed E-state index contributed by atoms with van der Waals surface area (Å²) in [5.74, 6) is 0.00366. The van der Waals surface area contributed by atoms with Gasteiger partial charge in [-0.15, -0.1) is 0 Å². The van der Waals surface area contributed by atoms with Crippen LogP contribution in [-0.2, 0) is 13.2 Å². The van der Waals surface area contributed by atoms with Crippen molar-refractivity contribution in [3.8, 4) is 5.75 Å². The lowest BCUT2D eigenvalue weighted by Crippen LogP contribution is -1.97. The highest BCUT2D eigenvalue weighted by atomic mass is 16.3. The SMILES string of the molecule is Cc1ncc(CO)c(CN=[N+]=N)c1O. The molecule has 0 saturated heterocycles. The van der Waals surface area contributed by atoms with E-state index in [9.17, 15) is 5.11 Å². The average molecular weight is 195 g/mol. The van der Waals surface area contributed by atoms with Gasteiger partial charge in [-0.25, -0.2) is 0 Å². The van der Waals surface area contributed by atoms with E-state index in [4.69, 9.17) is 10.6 Å². The minimum Gasteiger partial charge on any atom is -0.506 e. The maximum absolute atomic E-state index is 9.60. The summed E-state index contributed by atoms with van der Waals surface area (Å²) in [6, 6.07) is 0. The van der Waals surface area contributed by atoms with Crippen molar-refractivity contribution in [2.45, 2.75) is 20.1 Å². The Bertz CT molecular complexity index is 385. The number of aromatic nitrogens is 1. The number of rotatable bonds is 3. The molecule has 1 heterocycles. The summed E-state index contributed by atoms with van der Waals surface area (Å²) in [5.41, 5.74) is 7.94. The molecule has 1 aromatic rings. The lowest BCUT2D eigenvalue weighted by molar-refractivity contribution is 0.279. The first kappa shape index (κ1) is 10.3. The molecule has 0 spiro atoms. The number of aliphatic hydroxyl groups is 1. The van der Waals surface area contributed by atoms with Crippen LogP contribution >= 0.6 is 0 Å². The summed E-state index contributed by atoms with van der Waals surface area (Å²) in [6.45, 7) is 1.51. The Labute approximate surface area is 80.5 Å². The van der Waals surface area contributed by atoms with Gasteiger partial charge in [0.1, 0.15) is 16.4 Å². The normalized spacial score (nSPS) is 9.57. The number of hydrogen-bond donors (Lipinski definition) is 3. The van der Waals surface area contributed by atoms with Crippen LogP contribution in [0.15, 0.2) is 11.3 Å². The summed E-state index contributed by atoms with van der Waals surface area (Å²) in [5, 5.41) is 22.0. The predicted molar refractivity (Wildman–Crippen MR) is 47.5 cm³/mol. The second-order valence-corrected chi connectivity index (χ2v) is 2.75. The van der Waals surface area contributed by atoms with Crippen LogP contribution in [0.4, 0.5) is 0 Å². The summed E-state index contributed by atoms with van der Waals surface area (Å²) in [4.78, 5) is 6.73. The molecule has 0 saturated carbocycles. The monoisotopic (exact) mass is 195 g/mol. The fourth-order valence-corrected chi connectivity index (χ4v) is 1.10. The molecule has 0 radical (unpaired) electrons. The minimum absolute atomic E-state index is 0.00366. The molecule has 0 aliphatic carbocycles. The van der Waals surface area contributed by atoms with Gasteiger partial charge in [0, 0.05) is 17.3 Å². The van der Waals surface area contributed by atoms with Crippen LogP contribution in [0.3, 0.4) is 0 Å². The summed E-state index contributed by atoms with van der Waals surface area (Å²) in [6.07, 6.45) is 1.48. The van der Waals surface area contributed by atoms with E-state index in [0.717, 1.165) is 0 Å². The Kier molecular flexibility index (Phi) is 3.28. The highest BCUT2D eigenvalue weighted by Gasteiger charge is 2.12. The van der Waals surface area contributed by atoms with E-state index in [2.05, 4.69) is 15.0 Å². The first-order valence-corrected chi connectivity index (χ1v) is 4.01. The van der Waals surface area contributed by atoms with Gasteiger partial charge < -0.3 is 10.2 Å². The van der Waals surface area contributed by atoms with Crippen molar-refractivity contribution in [2.24, 2.45) is 5.11 Å². The molecular formula is C8H11N4O2+. The van der Waals surface area contributed by atoms with E-state index in [1.165, 1.54) is 6.20 Å². The van der Waals surface area contributed by atoms with Crippen LogP contribution in [0.2, 0.25) is 0 Å². The largest absolute Gasteiger partial charge is 0.506 e. The van der Waals surface area contributed by atoms with Crippen LogP contribution in [0.1, 0.15) is 16.8 Å². The number of nitrogens with one attached hydrogen (secondary N) is 1. The van der Waals surface area contributed by atoms with E-state index in [1.54, 1.807) is 6.92 Å². The van der Waals surface area contributed by atoms with Crippen molar-refractivity contribution in [2.75, 3.05) is 0 Å². The third kappa shape index (κ3) is 1.93. The lowest BCUT2D eigenvalue weighted by atomic mass is 10.1. The zero-order valence-corrected chi connectivity index (χ0v) is 7.73. The first-order valence-electron chi connectivity index (χ1n) is 4.01. The molecule has 1 aromatic heterocycles. The third-order valence-electron chi connectivity index (χ3n) is 1.90. The number of nitrogens with zero attached hydrogens (tertiary/aromatic N) is 3. The number of aryl methyl sites for hydroxylation is 1. The molecule has 6 heteroatoms. The van der Waals surface area contributed by atoms with E-state index in [1.807, 2.05) is 0 Å². The molecule has 0 aliphatic heterocycles. The number of aromatic hydroxyl groups is 1. The number of pyridine rings is 1. The molecule has 1 rings (SSSR count). The molecule has 0 fully saturated rings. The molecular weight excluding hydrogens is 184 g/mol. The van der Waals surface area contributed by atoms with Crippen molar-refractivity contribution in [3.63, 3.8) is 0 Å². The van der Waals surface area contributed by atoms with E-state index in [0.29, 0.717) is 16.8 Å². The molecule has 0 unspecified atom stereocenters. The Balaban J connectivity index is 3.20. The van der Waals surface area contributed by atoms with E-state index >= 15 is 0 Å². The topological polar surface area (TPSA) is 104 Å². The molecule has 0 atom stereocenters. The molecule has 74 valence electrons. The van der Waals surface area contributed by atoms with Crippen LogP contribution in [0, 0.1) is 12.5 Å². The van der Waals surface area contributed by atoms with Crippen molar-refractivity contribution >= 4 is 0 Å². The van der Waals surface area contributed by atoms with Gasteiger partial charge in [0.2, 0.25) is 4.91 Å². The fraction of sp³-hybridized carbons (Fsp3) is 0.375. The van der Waals surface area contributed by atoms with Gasteiger partial charge in [-0.3, -0.25) is 4.98 Å². The number of aliphatic hydroxyl groups excluding tert-OH is 1. The summed E-state index contributed by atoms with van der Waals surface area (Å²) >= 11 is 0. The Hall–Kier alpha value is -1.78. The van der Waals surface area contributed by atoms with Gasteiger partial charge in [-0.2, -0.15) is 0 Å². The molecule has 0 aliphatic rings. The molecule has 0 bridgehead atoms. The second-order valence-electron chi connectivity index (χ2n) is 2.75. The van der Waals surface area contributed by atoms with E-state index < -0.39 is 0 Å². The van der Waals surface area contributed by atoms with Gasteiger partial charge in [-0.05, 0) is 6.92 Å². The Morgan fingerprint density at radius 1 is 1.64 bits per heavy atom. The molecule has 0 amide bonds. The van der Waals surface area contributed by atoms with E-state index in [-0.39, 0.29) is 18.9 Å². The predicted octanol–water partition coefficient (Wildman–Crippen LogP) is 0.638. The molecule has 3 N–H and O–H groups in total. The molecule has 6 nitrogen and oxygen atoms in total. The smallest absolute Gasteiger partial charge is 0.214 e. The quantitative estimate of drug-likeness (QED) is 0.487. The Morgan fingerprint density at radius 2 is 2.36 bits per heavy atom. The Morgan fingerprint density at radius 3 is 2.93 bits per heavy atom. The van der Waals surface area contributed by atoms with Gasteiger partial charge in [-0.1, -0.05) is 0 Å². The highest BCUT2D eigenvalue weighted by Crippen LogP contribution is 2.24. The second kappa shape index (κ2) is 4.45. The summed E-state index contributed by atoms with van der Waals surface area (Å²) in [7, 11) is 0. The summed E-state index contributed by atoms with van der Waals surface area (Å²) < 4.78 is 0. The zero-order chi connectivity index (χ0) is 10.6. The van der Waals surface area contributed by atoms with Gasteiger partial charge in [0.15, 0.2) is 6.54 Å². The minimum atomic E-state index is -0.219. The van der Waals surface area contributed by atoms with Crippen LogP contribution in [0.5, 0.6) is 5.75 Å². The zero-order valence-electron chi connectivity index (χ0n) is 7.73. The fourth-order valence-electron chi connectivity index (χ4n) is 1.10. The maximum Gasteiger partial charge on any atom is 0.214 e. The van der Waals surface area contributed by atoms with Crippen LogP contribution in [-0.4, -0.2) is 15.2 Å². The third-order valence-corrected chi connectivity index (χ3v) is 1.90. The van der Waals surface area contributed by atoms with Crippen molar-refractivity contribution in [3.05, 3.63) is 23.0 Å². The maximum atomic E-state index is 9.60. The lowest BCUT2D eigenvalue weighted by Gasteiger charge is -2.06. The van der Waals surface area contributed by atoms with Gasteiger partial charge in [0.05, 0.1) is 12.3 Å². The van der Waals surface area contributed by atoms with Crippen molar-refractivity contribution < 1.29 is 10.2 Å². The van der Waals surface area contributed by atoms with Crippen molar-refractivity contribution in [1.29, 1.82) is 5.53 Å². The average Bonchev–Trinajstić information content (AvgIpc) is 2.20. The van der Waals surface area contributed by atoms with Crippen LogP contribution < -0.4 is 4.91 Å². The highest BCUT2D eigenvalue weighted by molar-refractivity contribution is 5.40. The first-order chi connectivity index (χ1) is 6.70.